The number of aliphatic hydroxyl groups excluding tert-OH is 1. The van der Waals surface area contributed by atoms with E-state index in [4.69, 9.17) is 5.11 Å². The Labute approximate surface area is 85.6 Å². The lowest BCUT2D eigenvalue weighted by Gasteiger charge is -2.21. The number of esters is 1. The Morgan fingerprint density at radius 3 is 2.43 bits per heavy atom. The van der Waals surface area contributed by atoms with E-state index in [9.17, 15) is 4.79 Å². The molecule has 4 nitrogen and oxygen atoms in total. The highest BCUT2D eigenvalue weighted by molar-refractivity contribution is 5.75. The van der Waals surface area contributed by atoms with Gasteiger partial charge in [-0.15, -0.1) is 0 Å². The van der Waals surface area contributed by atoms with Gasteiger partial charge in [0.15, 0.2) is 0 Å². The molecule has 0 fully saturated rings. The van der Waals surface area contributed by atoms with E-state index in [2.05, 4.69) is 10.1 Å². The van der Waals surface area contributed by atoms with Crippen LogP contribution in [-0.4, -0.2) is 36.9 Å². The van der Waals surface area contributed by atoms with Crippen molar-refractivity contribution >= 4 is 5.97 Å². The lowest BCUT2D eigenvalue weighted by Crippen LogP contribution is -2.43. The Morgan fingerprint density at radius 2 is 2.07 bits per heavy atom. The summed E-state index contributed by atoms with van der Waals surface area (Å²) in [6.07, 6.45) is 2.27. The van der Waals surface area contributed by atoms with Crippen LogP contribution in [-0.2, 0) is 9.53 Å². The number of hydrogen-bond donors (Lipinski definition) is 2. The molecule has 84 valence electrons. The molecule has 0 aliphatic heterocycles. The molecule has 2 atom stereocenters. The van der Waals surface area contributed by atoms with Gasteiger partial charge >= 0.3 is 5.97 Å². The fourth-order valence-electron chi connectivity index (χ4n) is 1.34. The topological polar surface area (TPSA) is 58.6 Å². The standard InChI is InChI=1S/C10H21NO3/c1-4-8(6-7-12)11-9(5-2)10(13)14-3/h8-9,11-12H,4-7H2,1-3H3. The van der Waals surface area contributed by atoms with Gasteiger partial charge in [-0.3, -0.25) is 4.79 Å². The van der Waals surface area contributed by atoms with E-state index in [0.29, 0.717) is 12.8 Å². The van der Waals surface area contributed by atoms with Crippen molar-refractivity contribution in [3.8, 4) is 0 Å². The summed E-state index contributed by atoms with van der Waals surface area (Å²) < 4.78 is 4.66. The zero-order valence-electron chi connectivity index (χ0n) is 9.25. The van der Waals surface area contributed by atoms with E-state index >= 15 is 0 Å². The highest BCUT2D eigenvalue weighted by atomic mass is 16.5. The van der Waals surface area contributed by atoms with E-state index < -0.39 is 0 Å². The summed E-state index contributed by atoms with van der Waals surface area (Å²) in [5.74, 6) is -0.233. The van der Waals surface area contributed by atoms with Gasteiger partial charge in [0, 0.05) is 12.6 Å². The first-order chi connectivity index (χ1) is 6.69. The minimum absolute atomic E-state index is 0.142. The molecule has 0 bridgehead atoms. The van der Waals surface area contributed by atoms with E-state index in [-0.39, 0.29) is 24.7 Å². The molecule has 2 N–H and O–H groups in total. The third-order valence-electron chi connectivity index (χ3n) is 2.30. The second kappa shape index (κ2) is 7.76. The minimum atomic E-state index is -0.253. The maximum atomic E-state index is 11.3. The first-order valence-corrected chi connectivity index (χ1v) is 5.14. The molecule has 0 aromatic rings. The van der Waals surface area contributed by atoms with Crippen LogP contribution in [0.5, 0.6) is 0 Å². The Balaban J connectivity index is 4.06. The third-order valence-corrected chi connectivity index (χ3v) is 2.30. The fraction of sp³-hybridized carbons (Fsp3) is 0.900. The molecule has 14 heavy (non-hydrogen) atoms. The normalized spacial score (nSPS) is 14.9. The molecule has 0 radical (unpaired) electrons. The van der Waals surface area contributed by atoms with Crippen molar-refractivity contribution in [3.05, 3.63) is 0 Å². The van der Waals surface area contributed by atoms with Crippen molar-refractivity contribution < 1.29 is 14.6 Å². The second-order valence-corrected chi connectivity index (χ2v) is 3.27. The lowest BCUT2D eigenvalue weighted by atomic mass is 10.1. The summed E-state index contributed by atoms with van der Waals surface area (Å²) >= 11 is 0. The van der Waals surface area contributed by atoms with Crippen LogP contribution in [0.4, 0.5) is 0 Å². The van der Waals surface area contributed by atoms with Gasteiger partial charge in [0.1, 0.15) is 6.04 Å². The van der Waals surface area contributed by atoms with Crippen molar-refractivity contribution in [3.63, 3.8) is 0 Å². The average molecular weight is 203 g/mol. The summed E-state index contributed by atoms with van der Waals surface area (Å²) in [5, 5.41) is 12.0. The number of aliphatic hydroxyl groups is 1. The van der Waals surface area contributed by atoms with Gasteiger partial charge in [-0.05, 0) is 19.3 Å². The van der Waals surface area contributed by atoms with Crippen molar-refractivity contribution in [2.75, 3.05) is 13.7 Å². The third kappa shape index (κ3) is 4.58. The summed E-state index contributed by atoms with van der Waals surface area (Å²) in [7, 11) is 1.39. The van der Waals surface area contributed by atoms with Crippen LogP contribution >= 0.6 is 0 Å². The van der Waals surface area contributed by atoms with Gasteiger partial charge in [-0.25, -0.2) is 0 Å². The smallest absolute Gasteiger partial charge is 0.322 e. The van der Waals surface area contributed by atoms with E-state index in [0.717, 1.165) is 6.42 Å². The first-order valence-electron chi connectivity index (χ1n) is 5.14. The number of methoxy groups -OCH3 is 1. The van der Waals surface area contributed by atoms with Crippen LogP contribution in [0.15, 0.2) is 0 Å². The molecule has 0 spiro atoms. The van der Waals surface area contributed by atoms with E-state index in [1.807, 2.05) is 13.8 Å². The molecule has 0 saturated heterocycles. The maximum Gasteiger partial charge on any atom is 0.322 e. The Hall–Kier alpha value is -0.610. The Kier molecular flexibility index (Phi) is 7.42. The van der Waals surface area contributed by atoms with Crippen molar-refractivity contribution in [2.24, 2.45) is 0 Å². The summed E-state index contributed by atoms with van der Waals surface area (Å²) in [6.45, 7) is 4.10. The van der Waals surface area contributed by atoms with Crippen LogP contribution in [0.2, 0.25) is 0 Å². The van der Waals surface area contributed by atoms with Gasteiger partial charge in [0.05, 0.1) is 7.11 Å². The quantitative estimate of drug-likeness (QED) is 0.598. The van der Waals surface area contributed by atoms with Gasteiger partial charge in [-0.1, -0.05) is 13.8 Å². The SMILES string of the molecule is CCC(CCO)NC(CC)C(=O)OC. The predicted octanol–water partition coefficient (Wildman–Crippen LogP) is 0.689. The van der Waals surface area contributed by atoms with Gasteiger partial charge < -0.3 is 15.2 Å². The molecule has 0 aromatic carbocycles. The number of nitrogens with one attached hydrogen (secondary N) is 1. The largest absolute Gasteiger partial charge is 0.468 e. The zero-order valence-corrected chi connectivity index (χ0v) is 9.25. The molecule has 0 amide bonds. The fourth-order valence-corrected chi connectivity index (χ4v) is 1.34. The Bertz CT molecular complexity index is 161. The van der Waals surface area contributed by atoms with Crippen molar-refractivity contribution in [1.82, 2.24) is 5.32 Å². The molecular formula is C10H21NO3. The number of ether oxygens (including phenoxy) is 1. The Morgan fingerprint density at radius 1 is 1.43 bits per heavy atom. The van der Waals surface area contributed by atoms with E-state index in [1.165, 1.54) is 7.11 Å². The number of carbonyl (C=O) groups is 1. The van der Waals surface area contributed by atoms with Crippen LogP contribution in [0.1, 0.15) is 33.1 Å². The van der Waals surface area contributed by atoms with Crippen LogP contribution in [0, 0.1) is 0 Å². The molecule has 0 heterocycles. The second-order valence-electron chi connectivity index (χ2n) is 3.27. The zero-order chi connectivity index (χ0) is 11.0. The summed E-state index contributed by atoms with van der Waals surface area (Å²) in [5.41, 5.74) is 0. The molecule has 0 rings (SSSR count). The van der Waals surface area contributed by atoms with E-state index in [1.54, 1.807) is 0 Å². The summed E-state index contributed by atoms with van der Waals surface area (Å²) in [6, 6.07) is -0.0689. The molecule has 0 aliphatic carbocycles. The molecule has 0 saturated carbocycles. The van der Waals surface area contributed by atoms with Gasteiger partial charge in [-0.2, -0.15) is 0 Å². The average Bonchev–Trinajstić information content (AvgIpc) is 2.23. The highest BCUT2D eigenvalue weighted by Gasteiger charge is 2.19. The van der Waals surface area contributed by atoms with Crippen LogP contribution in [0.3, 0.4) is 0 Å². The number of rotatable bonds is 7. The monoisotopic (exact) mass is 203 g/mol. The van der Waals surface area contributed by atoms with Crippen LogP contribution in [0.25, 0.3) is 0 Å². The van der Waals surface area contributed by atoms with Crippen LogP contribution < -0.4 is 5.32 Å². The number of carbonyl (C=O) groups excluding carboxylic acids is 1. The van der Waals surface area contributed by atoms with Gasteiger partial charge in [0.2, 0.25) is 0 Å². The molecule has 0 aromatic heterocycles. The maximum absolute atomic E-state index is 11.3. The molecule has 0 aliphatic rings. The first kappa shape index (κ1) is 13.4. The number of hydrogen-bond acceptors (Lipinski definition) is 4. The highest BCUT2D eigenvalue weighted by Crippen LogP contribution is 2.02. The predicted molar refractivity (Wildman–Crippen MR) is 55.0 cm³/mol. The minimum Gasteiger partial charge on any atom is -0.468 e. The van der Waals surface area contributed by atoms with Gasteiger partial charge in [0.25, 0.3) is 0 Å². The molecule has 2 unspecified atom stereocenters. The van der Waals surface area contributed by atoms with Crippen molar-refractivity contribution in [1.29, 1.82) is 0 Å². The molecular weight excluding hydrogens is 182 g/mol. The molecule has 4 heteroatoms. The van der Waals surface area contributed by atoms with Crippen molar-refractivity contribution in [2.45, 2.75) is 45.2 Å². The lowest BCUT2D eigenvalue weighted by molar-refractivity contribution is -0.143. The summed E-state index contributed by atoms with van der Waals surface area (Å²) in [4.78, 5) is 11.3.